The third kappa shape index (κ3) is 7.04. The second-order valence-corrected chi connectivity index (χ2v) is 2.36. The minimum absolute atomic E-state index is 0.486. The van der Waals surface area contributed by atoms with E-state index in [9.17, 15) is 4.39 Å². The van der Waals surface area contributed by atoms with Gasteiger partial charge in [0.2, 0.25) is 0 Å². The summed E-state index contributed by atoms with van der Waals surface area (Å²) in [5, 5.41) is 0. The van der Waals surface area contributed by atoms with E-state index in [4.69, 9.17) is 0 Å². The van der Waals surface area contributed by atoms with Crippen molar-refractivity contribution < 1.29 is 4.39 Å². The SMILES string of the molecule is C=CC=CCC(F)CCC=C. The van der Waals surface area contributed by atoms with Crippen LogP contribution in [-0.4, -0.2) is 6.17 Å². The molecule has 0 aliphatic rings. The molecule has 0 amide bonds. The number of allylic oxidation sites excluding steroid dienone is 4. The summed E-state index contributed by atoms with van der Waals surface area (Å²) in [6.45, 7) is 7.02. The third-order valence-electron chi connectivity index (χ3n) is 1.35. The molecule has 1 heteroatoms. The first kappa shape index (κ1) is 10.2. The van der Waals surface area contributed by atoms with Crippen molar-refractivity contribution in [2.24, 2.45) is 0 Å². The topological polar surface area (TPSA) is 0 Å². The average Bonchev–Trinajstić information content (AvgIpc) is 2.01. The molecule has 1 atom stereocenters. The molecule has 0 aromatic carbocycles. The molecule has 11 heavy (non-hydrogen) atoms. The fraction of sp³-hybridized carbons (Fsp3) is 0.400. The van der Waals surface area contributed by atoms with Gasteiger partial charge in [-0.25, -0.2) is 4.39 Å². The highest BCUT2D eigenvalue weighted by Gasteiger charge is 2.00. The van der Waals surface area contributed by atoms with E-state index < -0.39 is 6.17 Å². The monoisotopic (exact) mass is 154 g/mol. The maximum Gasteiger partial charge on any atom is 0.104 e. The van der Waals surface area contributed by atoms with Gasteiger partial charge < -0.3 is 0 Å². The van der Waals surface area contributed by atoms with Gasteiger partial charge in [-0.3, -0.25) is 0 Å². The first-order valence-electron chi connectivity index (χ1n) is 3.83. The summed E-state index contributed by atoms with van der Waals surface area (Å²) in [7, 11) is 0. The van der Waals surface area contributed by atoms with Gasteiger partial charge in [0.15, 0.2) is 0 Å². The van der Waals surface area contributed by atoms with Gasteiger partial charge in [-0.1, -0.05) is 30.9 Å². The van der Waals surface area contributed by atoms with Crippen molar-refractivity contribution in [3.63, 3.8) is 0 Å². The van der Waals surface area contributed by atoms with E-state index in [2.05, 4.69) is 13.2 Å². The predicted molar refractivity (Wildman–Crippen MR) is 48.3 cm³/mol. The second kappa shape index (κ2) is 7.26. The Kier molecular flexibility index (Phi) is 6.70. The minimum Gasteiger partial charge on any atom is -0.247 e. The Morgan fingerprint density at radius 1 is 1.36 bits per heavy atom. The van der Waals surface area contributed by atoms with Crippen molar-refractivity contribution in [1.82, 2.24) is 0 Å². The van der Waals surface area contributed by atoms with Crippen LogP contribution < -0.4 is 0 Å². The standard InChI is InChI=1S/C10H15F/c1-3-5-7-9-10(11)8-6-4-2/h3-5,7,10H,1-2,6,8-9H2. The van der Waals surface area contributed by atoms with Crippen molar-refractivity contribution in [1.29, 1.82) is 0 Å². The largest absolute Gasteiger partial charge is 0.247 e. The Morgan fingerprint density at radius 2 is 2.09 bits per heavy atom. The molecule has 0 N–H and O–H groups in total. The molecule has 0 aromatic heterocycles. The molecule has 0 saturated carbocycles. The van der Waals surface area contributed by atoms with E-state index >= 15 is 0 Å². The lowest BCUT2D eigenvalue weighted by atomic mass is 10.1. The summed E-state index contributed by atoms with van der Waals surface area (Å²) >= 11 is 0. The van der Waals surface area contributed by atoms with E-state index in [0.29, 0.717) is 12.8 Å². The quantitative estimate of drug-likeness (QED) is 0.406. The molecule has 0 bridgehead atoms. The minimum atomic E-state index is -0.732. The van der Waals surface area contributed by atoms with Gasteiger partial charge in [0, 0.05) is 0 Å². The Balaban J connectivity index is 3.35. The summed E-state index contributed by atoms with van der Waals surface area (Å²) in [5.74, 6) is 0. The van der Waals surface area contributed by atoms with Crippen molar-refractivity contribution in [2.45, 2.75) is 25.4 Å². The van der Waals surface area contributed by atoms with E-state index in [0.717, 1.165) is 6.42 Å². The fourth-order valence-corrected chi connectivity index (χ4v) is 0.739. The van der Waals surface area contributed by atoms with Crippen LogP contribution in [0, 0.1) is 0 Å². The van der Waals surface area contributed by atoms with Crippen molar-refractivity contribution in [3.05, 3.63) is 37.5 Å². The highest BCUT2D eigenvalue weighted by atomic mass is 19.1. The zero-order valence-corrected chi connectivity index (χ0v) is 6.80. The van der Waals surface area contributed by atoms with E-state index in [1.807, 2.05) is 0 Å². The highest BCUT2D eigenvalue weighted by Crippen LogP contribution is 2.07. The molecule has 0 aliphatic carbocycles. The summed E-state index contributed by atoms with van der Waals surface area (Å²) in [5.41, 5.74) is 0. The van der Waals surface area contributed by atoms with Crippen molar-refractivity contribution in [2.75, 3.05) is 0 Å². The maximum atomic E-state index is 12.8. The first-order valence-corrected chi connectivity index (χ1v) is 3.83. The van der Waals surface area contributed by atoms with Gasteiger partial charge in [-0.2, -0.15) is 0 Å². The fourth-order valence-electron chi connectivity index (χ4n) is 0.739. The smallest absolute Gasteiger partial charge is 0.104 e. The van der Waals surface area contributed by atoms with Gasteiger partial charge >= 0.3 is 0 Å². The first-order chi connectivity index (χ1) is 5.31. The Morgan fingerprint density at radius 3 is 2.64 bits per heavy atom. The molecule has 0 spiro atoms. The van der Waals surface area contributed by atoms with Gasteiger partial charge in [0.25, 0.3) is 0 Å². The molecule has 0 rings (SSSR count). The number of hydrogen-bond acceptors (Lipinski definition) is 0. The highest BCUT2D eigenvalue weighted by molar-refractivity contribution is 4.97. The van der Waals surface area contributed by atoms with Crippen LogP contribution in [0.2, 0.25) is 0 Å². The summed E-state index contributed by atoms with van der Waals surface area (Å²) < 4.78 is 12.8. The molecule has 0 nitrogen and oxygen atoms in total. The molecule has 1 unspecified atom stereocenters. The normalized spacial score (nSPS) is 13.2. The van der Waals surface area contributed by atoms with Crippen LogP contribution in [0.3, 0.4) is 0 Å². The van der Waals surface area contributed by atoms with Gasteiger partial charge in [-0.05, 0) is 19.3 Å². The van der Waals surface area contributed by atoms with E-state index in [-0.39, 0.29) is 0 Å². The number of alkyl halides is 1. The molecular formula is C10H15F. The van der Waals surface area contributed by atoms with Crippen LogP contribution in [0.15, 0.2) is 37.5 Å². The Labute approximate surface area is 68.1 Å². The van der Waals surface area contributed by atoms with Crippen molar-refractivity contribution in [3.8, 4) is 0 Å². The maximum absolute atomic E-state index is 12.8. The number of halogens is 1. The second-order valence-electron chi connectivity index (χ2n) is 2.36. The third-order valence-corrected chi connectivity index (χ3v) is 1.35. The van der Waals surface area contributed by atoms with Crippen LogP contribution in [0.1, 0.15) is 19.3 Å². The van der Waals surface area contributed by atoms with Gasteiger partial charge in [-0.15, -0.1) is 6.58 Å². The number of hydrogen-bond donors (Lipinski definition) is 0. The summed E-state index contributed by atoms with van der Waals surface area (Å²) in [6.07, 6.45) is 8.03. The number of rotatable bonds is 6. The van der Waals surface area contributed by atoms with Gasteiger partial charge in [0.1, 0.15) is 6.17 Å². The molecule has 0 saturated heterocycles. The molecule has 62 valence electrons. The molecule has 0 fully saturated rings. The lowest BCUT2D eigenvalue weighted by Crippen LogP contribution is -1.96. The average molecular weight is 154 g/mol. The van der Waals surface area contributed by atoms with E-state index in [1.54, 1.807) is 24.3 Å². The molecule has 0 radical (unpaired) electrons. The molecular weight excluding hydrogens is 139 g/mol. The molecule has 0 heterocycles. The molecule has 0 aliphatic heterocycles. The van der Waals surface area contributed by atoms with Crippen LogP contribution in [-0.2, 0) is 0 Å². The lowest BCUT2D eigenvalue weighted by molar-refractivity contribution is 0.319. The Hall–Kier alpha value is -0.850. The van der Waals surface area contributed by atoms with Gasteiger partial charge in [0.05, 0.1) is 0 Å². The zero-order chi connectivity index (χ0) is 8.53. The van der Waals surface area contributed by atoms with E-state index in [1.165, 1.54) is 0 Å². The summed E-state index contributed by atoms with van der Waals surface area (Å²) in [4.78, 5) is 0. The Bertz CT molecular complexity index is 136. The lowest BCUT2D eigenvalue weighted by Gasteiger charge is -2.00. The van der Waals surface area contributed by atoms with Crippen LogP contribution in [0.25, 0.3) is 0 Å². The van der Waals surface area contributed by atoms with Crippen LogP contribution in [0.5, 0.6) is 0 Å². The summed E-state index contributed by atoms with van der Waals surface area (Å²) in [6, 6.07) is 0. The zero-order valence-electron chi connectivity index (χ0n) is 6.80. The predicted octanol–water partition coefficient (Wildman–Crippen LogP) is 3.42. The van der Waals surface area contributed by atoms with Crippen LogP contribution >= 0.6 is 0 Å². The molecule has 0 aromatic rings. The van der Waals surface area contributed by atoms with Crippen molar-refractivity contribution >= 4 is 0 Å². The van der Waals surface area contributed by atoms with Crippen LogP contribution in [0.4, 0.5) is 4.39 Å².